The van der Waals surface area contributed by atoms with Gasteiger partial charge in [-0.3, -0.25) is 4.79 Å². The number of nitrogens with zero attached hydrogens (tertiary/aromatic N) is 1. The summed E-state index contributed by atoms with van der Waals surface area (Å²) < 4.78 is 0. The highest BCUT2D eigenvalue weighted by Crippen LogP contribution is 2.36. The Morgan fingerprint density at radius 2 is 1.76 bits per heavy atom. The number of allylic oxidation sites excluding steroid dienone is 3. The van der Waals surface area contributed by atoms with Gasteiger partial charge in [0.25, 0.3) is 5.91 Å². The van der Waals surface area contributed by atoms with Gasteiger partial charge in [0, 0.05) is 41.3 Å². The molecule has 4 nitrogen and oxygen atoms in total. The van der Waals surface area contributed by atoms with Gasteiger partial charge in [-0.25, -0.2) is 0 Å². The molecule has 1 aliphatic carbocycles. The number of rotatable bonds is 3. The average molecular weight is 430 g/mol. The molecular formula is C23H28ClN3OS. The van der Waals surface area contributed by atoms with E-state index >= 15 is 0 Å². The molecule has 0 unspecified atom stereocenters. The smallest absolute Gasteiger partial charge is 0.267 e. The van der Waals surface area contributed by atoms with Gasteiger partial charge in [0.15, 0.2) is 0 Å². The van der Waals surface area contributed by atoms with Crippen LogP contribution in [-0.4, -0.2) is 33.1 Å². The van der Waals surface area contributed by atoms with Gasteiger partial charge in [0.1, 0.15) is 4.88 Å². The fraction of sp³-hybridized carbons (Fsp3) is 0.348. The van der Waals surface area contributed by atoms with Crippen molar-refractivity contribution in [2.45, 2.75) is 26.2 Å². The largest absolute Gasteiger partial charge is 0.372 e. The van der Waals surface area contributed by atoms with Crippen LogP contribution < -0.4 is 15.5 Å². The summed E-state index contributed by atoms with van der Waals surface area (Å²) in [6, 6.07) is 8.07. The molecule has 6 heteroatoms. The predicted octanol–water partition coefficient (Wildman–Crippen LogP) is 5.61. The van der Waals surface area contributed by atoms with Gasteiger partial charge in [-0.05, 0) is 58.1 Å². The highest BCUT2D eigenvalue weighted by Gasteiger charge is 2.21. The Hall–Kier alpha value is -2.08. The van der Waals surface area contributed by atoms with Gasteiger partial charge in [0.2, 0.25) is 0 Å². The Kier molecular flexibility index (Phi) is 7.53. The van der Waals surface area contributed by atoms with Gasteiger partial charge in [-0.15, -0.1) is 11.3 Å². The molecule has 0 saturated carbocycles. The van der Waals surface area contributed by atoms with Crippen LogP contribution in [0, 0.1) is 0 Å². The van der Waals surface area contributed by atoms with Crippen molar-refractivity contribution in [1.82, 2.24) is 5.32 Å². The van der Waals surface area contributed by atoms with Crippen molar-refractivity contribution < 1.29 is 4.79 Å². The summed E-state index contributed by atoms with van der Waals surface area (Å²) in [6.45, 7) is 4.30. The summed E-state index contributed by atoms with van der Waals surface area (Å²) in [6.07, 6.45) is 9.54. The van der Waals surface area contributed by atoms with Crippen molar-refractivity contribution in [3.05, 3.63) is 62.3 Å². The van der Waals surface area contributed by atoms with E-state index in [2.05, 4.69) is 40.7 Å². The summed E-state index contributed by atoms with van der Waals surface area (Å²) in [5.74, 6) is -0.143. The quantitative estimate of drug-likeness (QED) is 0.666. The second-order valence-electron chi connectivity index (χ2n) is 7.26. The third kappa shape index (κ3) is 5.30. The lowest BCUT2D eigenvalue weighted by molar-refractivity contribution is 0.103. The van der Waals surface area contributed by atoms with Crippen LogP contribution in [0.3, 0.4) is 0 Å². The zero-order chi connectivity index (χ0) is 20.8. The number of anilines is 2. The molecule has 2 aliphatic rings. The van der Waals surface area contributed by atoms with Crippen molar-refractivity contribution in [3.8, 4) is 0 Å². The second kappa shape index (κ2) is 10.1. The molecule has 1 aromatic heterocycles. The lowest BCUT2D eigenvalue weighted by atomic mass is 10.2. The molecule has 0 bridgehead atoms. The number of amides is 1. The average Bonchev–Trinajstić information content (AvgIpc) is 3.30. The normalized spacial score (nSPS) is 15.2. The number of hydrogen-bond acceptors (Lipinski definition) is 4. The monoisotopic (exact) mass is 429 g/mol. The molecule has 1 fully saturated rings. The van der Waals surface area contributed by atoms with Crippen molar-refractivity contribution in [2.24, 2.45) is 0 Å². The van der Waals surface area contributed by atoms with Crippen LogP contribution in [0.25, 0.3) is 6.08 Å². The van der Waals surface area contributed by atoms with E-state index in [1.807, 2.05) is 38.4 Å². The van der Waals surface area contributed by atoms with Crippen LogP contribution in [0.1, 0.15) is 39.9 Å². The van der Waals surface area contributed by atoms with E-state index in [-0.39, 0.29) is 5.91 Å². The molecule has 1 saturated heterocycles. The van der Waals surface area contributed by atoms with Gasteiger partial charge in [-0.2, -0.15) is 0 Å². The highest BCUT2D eigenvalue weighted by atomic mass is 35.5. The Labute approximate surface area is 182 Å². The SMILES string of the molecule is CC1=CCc2sc(C(=O)Nc3ccc(N4CCCC4)cc3)c(Cl)c2C=C1.CNC. The van der Waals surface area contributed by atoms with Crippen LogP contribution in [0.4, 0.5) is 11.4 Å². The maximum Gasteiger partial charge on any atom is 0.267 e. The van der Waals surface area contributed by atoms with Crippen molar-refractivity contribution in [3.63, 3.8) is 0 Å². The summed E-state index contributed by atoms with van der Waals surface area (Å²) >= 11 is 7.98. The molecule has 2 aromatic rings. The van der Waals surface area contributed by atoms with Gasteiger partial charge in [0.05, 0.1) is 5.02 Å². The molecule has 1 amide bonds. The number of fused-ring (bicyclic) bond motifs is 1. The van der Waals surface area contributed by atoms with Crippen LogP contribution in [-0.2, 0) is 6.42 Å². The lowest BCUT2D eigenvalue weighted by Gasteiger charge is -2.17. The summed E-state index contributed by atoms with van der Waals surface area (Å²) in [5.41, 5.74) is 4.20. The first-order chi connectivity index (χ1) is 14.0. The van der Waals surface area contributed by atoms with E-state index in [0.29, 0.717) is 9.90 Å². The Morgan fingerprint density at radius 1 is 1.10 bits per heavy atom. The minimum atomic E-state index is -0.143. The number of thiophene rings is 1. The molecule has 29 heavy (non-hydrogen) atoms. The summed E-state index contributed by atoms with van der Waals surface area (Å²) in [4.78, 5) is 16.8. The second-order valence-corrected chi connectivity index (χ2v) is 8.75. The number of nitrogens with one attached hydrogen (secondary N) is 2. The van der Waals surface area contributed by atoms with Gasteiger partial charge in [-0.1, -0.05) is 35.4 Å². The number of halogens is 1. The topological polar surface area (TPSA) is 44.4 Å². The maximum absolute atomic E-state index is 12.7. The third-order valence-corrected chi connectivity index (χ3v) is 6.62. The third-order valence-electron chi connectivity index (χ3n) is 4.89. The molecular weight excluding hydrogens is 402 g/mol. The summed E-state index contributed by atoms with van der Waals surface area (Å²) in [7, 11) is 3.75. The van der Waals surface area contributed by atoms with E-state index < -0.39 is 0 Å². The van der Waals surface area contributed by atoms with Crippen molar-refractivity contribution in [2.75, 3.05) is 37.4 Å². The first-order valence-corrected chi connectivity index (χ1v) is 11.1. The van der Waals surface area contributed by atoms with Crippen molar-refractivity contribution >= 4 is 46.3 Å². The first kappa shape index (κ1) is 21.6. The molecule has 2 N–H and O–H groups in total. The number of benzene rings is 1. The minimum absolute atomic E-state index is 0.143. The first-order valence-electron chi connectivity index (χ1n) is 9.94. The van der Waals surface area contributed by atoms with Crippen LogP contribution in [0.5, 0.6) is 0 Å². The predicted molar refractivity (Wildman–Crippen MR) is 127 cm³/mol. The molecule has 2 heterocycles. The molecule has 1 aliphatic heterocycles. The molecule has 154 valence electrons. The summed E-state index contributed by atoms with van der Waals surface area (Å²) in [5, 5.41) is 6.28. The maximum atomic E-state index is 12.7. The zero-order valence-corrected chi connectivity index (χ0v) is 18.8. The van der Waals surface area contributed by atoms with Crippen LogP contribution >= 0.6 is 22.9 Å². The Bertz CT molecular complexity index is 909. The number of carbonyl (C=O) groups is 1. The van der Waals surface area contributed by atoms with E-state index in [1.165, 1.54) is 35.4 Å². The standard InChI is InChI=1S/C21H21ClN2OS.C2H7N/c1-14-4-10-17-18(11-5-14)26-20(19(17)22)21(25)23-15-6-8-16(9-7-15)24-12-2-3-13-24;1-3-2/h4-10H,2-3,11-13H2,1H3,(H,23,25);3H,1-2H3. The molecule has 0 atom stereocenters. The minimum Gasteiger partial charge on any atom is -0.372 e. The molecule has 0 radical (unpaired) electrons. The fourth-order valence-electron chi connectivity index (χ4n) is 3.39. The van der Waals surface area contributed by atoms with E-state index in [4.69, 9.17) is 11.6 Å². The van der Waals surface area contributed by atoms with Crippen molar-refractivity contribution in [1.29, 1.82) is 0 Å². The number of carbonyl (C=O) groups excluding carboxylic acids is 1. The highest BCUT2D eigenvalue weighted by molar-refractivity contribution is 7.15. The fourth-order valence-corrected chi connectivity index (χ4v) is 4.86. The Morgan fingerprint density at radius 3 is 2.41 bits per heavy atom. The zero-order valence-electron chi connectivity index (χ0n) is 17.2. The molecule has 1 aromatic carbocycles. The van der Waals surface area contributed by atoms with Crippen LogP contribution in [0.15, 0.2) is 42.0 Å². The Balaban J connectivity index is 0.000000755. The molecule has 0 spiro atoms. The molecule has 4 rings (SSSR count). The van der Waals surface area contributed by atoms with Crippen LogP contribution in [0.2, 0.25) is 5.02 Å². The van der Waals surface area contributed by atoms with Gasteiger partial charge >= 0.3 is 0 Å². The van der Waals surface area contributed by atoms with E-state index in [0.717, 1.165) is 35.6 Å². The number of hydrogen-bond donors (Lipinski definition) is 2. The van der Waals surface area contributed by atoms with Gasteiger partial charge < -0.3 is 15.5 Å². The lowest BCUT2D eigenvalue weighted by Crippen LogP contribution is -2.17. The van der Waals surface area contributed by atoms with E-state index in [9.17, 15) is 4.79 Å². The van der Waals surface area contributed by atoms with E-state index in [1.54, 1.807) is 0 Å².